The zero-order chi connectivity index (χ0) is 14.0. The van der Waals surface area contributed by atoms with Crippen LogP contribution in [0.1, 0.15) is 26.2 Å². The molecule has 0 aromatic heterocycles. The lowest BCUT2D eigenvalue weighted by Gasteiger charge is -2.48. The molecule has 5 heteroatoms. The summed E-state index contributed by atoms with van der Waals surface area (Å²) in [5.41, 5.74) is -0.123. The minimum atomic E-state index is -0.123. The van der Waals surface area contributed by atoms with Crippen LogP contribution < -0.4 is 0 Å². The molecule has 3 rings (SSSR count). The number of amides is 1. The second-order valence-corrected chi connectivity index (χ2v) is 6.54. The third-order valence-corrected chi connectivity index (χ3v) is 4.85. The van der Waals surface area contributed by atoms with Gasteiger partial charge in [-0.1, -0.05) is 0 Å². The van der Waals surface area contributed by atoms with Crippen molar-refractivity contribution < 1.29 is 14.3 Å². The molecular formula is C15H26N2O3. The molecule has 0 N–H and O–H groups in total. The van der Waals surface area contributed by atoms with E-state index >= 15 is 0 Å². The lowest BCUT2D eigenvalue weighted by molar-refractivity contribution is -0.160. The van der Waals surface area contributed by atoms with Crippen LogP contribution in [0.4, 0.5) is 0 Å². The fourth-order valence-corrected chi connectivity index (χ4v) is 3.80. The molecule has 114 valence electrons. The van der Waals surface area contributed by atoms with Crippen LogP contribution in [0, 0.1) is 5.92 Å². The highest BCUT2D eigenvalue weighted by atomic mass is 16.5. The molecule has 3 heterocycles. The topological polar surface area (TPSA) is 42.0 Å². The van der Waals surface area contributed by atoms with Gasteiger partial charge >= 0.3 is 0 Å². The van der Waals surface area contributed by atoms with E-state index in [0.717, 1.165) is 52.4 Å². The van der Waals surface area contributed by atoms with E-state index in [9.17, 15) is 4.79 Å². The van der Waals surface area contributed by atoms with Gasteiger partial charge in [0.15, 0.2) is 0 Å². The standard InChI is InChI=1S/C15H26N2O3/c1-13(18)17-6-8-20-15(12-17)4-2-5-16(11-15)9-14-3-7-19-10-14/h14H,2-12H2,1H3. The Balaban J connectivity index is 1.59. The van der Waals surface area contributed by atoms with Crippen LogP contribution in [0.25, 0.3) is 0 Å². The first-order chi connectivity index (χ1) is 9.67. The molecule has 3 aliphatic heterocycles. The van der Waals surface area contributed by atoms with E-state index in [1.807, 2.05) is 4.90 Å². The Kier molecular flexibility index (Phi) is 4.29. The summed E-state index contributed by atoms with van der Waals surface area (Å²) in [5, 5.41) is 0. The Hall–Kier alpha value is -0.650. The first kappa shape index (κ1) is 14.3. The van der Waals surface area contributed by atoms with Gasteiger partial charge in [0, 0.05) is 33.2 Å². The third-order valence-electron chi connectivity index (χ3n) is 4.85. The Morgan fingerprint density at radius 3 is 2.95 bits per heavy atom. The van der Waals surface area contributed by atoms with Gasteiger partial charge in [-0.25, -0.2) is 0 Å². The maximum absolute atomic E-state index is 11.6. The second kappa shape index (κ2) is 6.00. The largest absolute Gasteiger partial charge is 0.381 e. The first-order valence-electron chi connectivity index (χ1n) is 7.86. The summed E-state index contributed by atoms with van der Waals surface area (Å²) in [7, 11) is 0. The van der Waals surface area contributed by atoms with Gasteiger partial charge < -0.3 is 19.3 Å². The summed E-state index contributed by atoms with van der Waals surface area (Å²) in [6.07, 6.45) is 3.43. The number of rotatable bonds is 2. The van der Waals surface area contributed by atoms with Gasteiger partial charge in [-0.2, -0.15) is 0 Å². The maximum atomic E-state index is 11.6. The molecule has 0 aromatic rings. The summed E-state index contributed by atoms with van der Waals surface area (Å²) in [5.74, 6) is 0.853. The molecule has 0 bridgehead atoms. The molecule has 0 saturated carbocycles. The normalized spacial score (nSPS) is 35.6. The number of carbonyl (C=O) groups excluding carboxylic acids is 1. The molecule has 3 saturated heterocycles. The Bertz CT molecular complexity index is 353. The minimum Gasteiger partial charge on any atom is -0.381 e. The average molecular weight is 282 g/mol. The lowest BCUT2D eigenvalue weighted by atomic mass is 9.90. The predicted octanol–water partition coefficient (Wildman–Crippen LogP) is 0.736. The molecule has 20 heavy (non-hydrogen) atoms. The SMILES string of the molecule is CC(=O)N1CCOC2(CCCN(CC3CCOC3)C2)C1. The van der Waals surface area contributed by atoms with Crippen molar-refractivity contribution in [3.63, 3.8) is 0 Å². The highest BCUT2D eigenvalue weighted by molar-refractivity contribution is 5.73. The fourth-order valence-electron chi connectivity index (χ4n) is 3.80. The molecule has 3 aliphatic rings. The van der Waals surface area contributed by atoms with E-state index in [2.05, 4.69) is 4.90 Å². The monoisotopic (exact) mass is 282 g/mol. The lowest BCUT2D eigenvalue weighted by Crippen LogP contribution is -2.60. The van der Waals surface area contributed by atoms with Crippen molar-refractivity contribution in [2.45, 2.75) is 31.8 Å². The summed E-state index contributed by atoms with van der Waals surface area (Å²) in [6.45, 7) is 8.91. The van der Waals surface area contributed by atoms with Gasteiger partial charge in [0.2, 0.25) is 5.91 Å². The van der Waals surface area contributed by atoms with Crippen molar-refractivity contribution in [1.82, 2.24) is 9.80 Å². The smallest absolute Gasteiger partial charge is 0.219 e. The van der Waals surface area contributed by atoms with E-state index in [-0.39, 0.29) is 11.5 Å². The number of nitrogens with zero attached hydrogens (tertiary/aromatic N) is 2. The minimum absolute atomic E-state index is 0.123. The van der Waals surface area contributed by atoms with Gasteiger partial charge in [-0.3, -0.25) is 4.79 Å². The van der Waals surface area contributed by atoms with E-state index in [1.165, 1.54) is 12.8 Å². The van der Waals surface area contributed by atoms with Crippen LogP contribution in [0.3, 0.4) is 0 Å². The summed E-state index contributed by atoms with van der Waals surface area (Å²) in [6, 6.07) is 0. The molecule has 2 unspecified atom stereocenters. The number of hydrogen-bond acceptors (Lipinski definition) is 4. The Morgan fingerprint density at radius 1 is 1.30 bits per heavy atom. The van der Waals surface area contributed by atoms with Gasteiger partial charge in [0.1, 0.15) is 0 Å². The van der Waals surface area contributed by atoms with Crippen LogP contribution in [0.5, 0.6) is 0 Å². The van der Waals surface area contributed by atoms with Crippen molar-refractivity contribution in [2.24, 2.45) is 5.92 Å². The molecular weight excluding hydrogens is 256 g/mol. The van der Waals surface area contributed by atoms with Crippen LogP contribution in [0.2, 0.25) is 0 Å². The van der Waals surface area contributed by atoms with Gasteiger partial charge in [-0.05, 0) is 31.7 Å². The molecule has 0 aromatic carbocycles. The number of ether oxygens (including phenoxy) is 2. The zero-order valence-corrected chi connectivity index (χ0v) is 12.5. The molecule has 5 nitrogen and oxygen atoms in total. The summed E-state index contributed by atoms with van der Waals surface area (Å²) >= 11 is 0. The Labute approximate surface area is 121 Å². The molecule has 0 radical (unpaired) electrons. The highest BCUT2D eigenvalue weighted by Gasteiger charge is 2.41. The number of morpholine rings is 1. The van der Waals surface area contributed by atoms with E-state index in [4.69, 9.17) is 9.47 Å². The quantitative estimate of drug-likeness (QED) is 0.749. The highest BCUT2D eigenvalue weighted by Crippen LogP contribution is 2.30. The number of piperidine rings is 1. The summed E-state index contributed by atoms with van der Waals surface area (Å²) in [4.78, 5) is 16.1. The van der Waals surface area contributed by atoms with Crippen LogP contribution >= 0.6 is 0 Å². The van der Waals surface area contributed by atoms with Crippen molar-refractivity contribution in [1.29, 1.82) is 0 Å². The van der Waals surface area contributed by atoms with Crippen molar-refractivity contribution in [2.75, 3.05) is 52.5 Å². The van der Waals surface area contributed by atoms with Crippen molar-refractivity contribution >= 4 is 5.91 Å². The second-order valence-electron chi connectivity index (χ2n) is 6.54. The molecule has 1 amide bonds. The fraction of sp³-hybridized carbons (Fsp3) is 0.933. The van der Waals surface area contributed by atoms with Crippen molar-refractivity contribution in [3.05, 3.63) is 0 Å². The van der Waals surface area contributed by atoms with E-state index in [0.29, 0.717) is 12.5 Å². The molecule has 1 spiro atoms. The number of carbonyl (C=O) groups is 1. The third kappa shape index (κ3) is 3.15. The number of likely N-dealkylation sites (tertiary alicyclic amines) is 1. The van der Waals surface area contributed by atoms with Gasteiger partial charge in [0.05, 0.1) is 25.4 Å². The van der Waals surface area contributed by atoms with Crippen LogP contribution in [0.15, 0.2) is 0 Å². The molecule has 3 fully saturated rings. The number of hydrogen-bond donors (Lipinski definition) is 0. The first-order valence-corrected chi connectivity index (χ1v) is 7.86. The van der Waals surface area contributed by atoms with E-state index < -0.39 is 0 Å². The van der Waals surface area contributed by atoms with Crippen LogP contribution in [-0.2, 0) is 14.3 Å². The van der Waals surface area contributed by atoms with Crippen molar-refractivity contribution in [3.8, 4) is 0 Å². The molecule has 0 aliphatic carbocycles. The average Bonchev–Trinajstić information content (AvgIpc) is 2.92. The maximum Gasteiger partial charge on any atom is 0.219 e. The Morgan fingerprint density at radius 2 is 2.20 bits per heavy atom. The zero-order valence-electron chi connectivity index (χ0n) is 12.5. The predicted molar refractivity (Wildman–Crippen MR) is 75.5 cm³/mol. The van der Waals surface area contributed by atoms with Gasteiger partial charge in [-0.15, -0.1) is 0 Å². The van der Waals surface area contributed by atoms with Gasteiger partial charge in [0.25, 0.3) is 0 Å². The molecule has 2 atom stereocenters. The van der Waals surface area contributed by atoms with E-state index in [1.54, 1.807) is 6.92 Å². The summed E-state index contributed by atoms with van der Waals surface area (Å²) < 4.78 is 11.6. The van der Waals surface area contributed by atoms with Crippen LogP contribution in [-0.4, -0.2) is 73.9 Å².